The largest absolute Gasteiger partial charge is 0.336 e. The highest BCUT2D eigenvalue weighted by molar-refractivity contribution is 7.89. The third-order valence-corrected chi connectivity index (χ3v) is 5.71. The highest BCUT2D eigenvalue weighted by atomic mass is 32.2. The van der Waals surface area contributed by atoms with E-state index in [2.05, 4.69) is 0 Å². The zero-order valence-electron chi connectivity index (χ0n) is 13.2. The number of sulfonamides is 1. The van der Waals surface area contributed by atoms with Crippen molar-refractivity contribution >= 4 is 15.9 Å². The highest BCUT2D eigenvalue weighted by Crippen LogP contribution is 2.21. The maximum atomic E-state index is 12.6. The molecule has 6 nitrogen and oxygen atoms in total. The van der Waals surface area contributed by atoms with Crippen molar-refractivity contribution in [3.63, 3.8) is 0 Å². The number of piperidine rings is 1. The molecule has 0 radical (unpaired) electrons. The Balaban J connectivity index is 2.30. The maximum absolute atomic E-state index is 12.6. The Labute approximate surface area is 131 Å². The van der Waals surface area contributed by atoms with Gasteiger partial charge < -0.3 is 4.90 Å². The lowest BCUT2D eigenvalue weighted by Crippen LogP contribution is -2.42. The van der Waals surface area contributed by atoms with E-state index in [-0.39, 0.29) is 16.8 Å². The second-order valence-electron chi connectivity index (χ2n) is 5.47. The predicted octanol–water partition coefficient (Wildman–Crippen LogP) is 1.88. The van der Waals surface area contributed by atoms with E-state index in [4.69, 9.17) is 4.84 Å². The maximum Gasteiger partial charge on any atom is 0.264 e. The molecule has 1 amide bonds. The van der Waals surface area contributed by atoms with Crippen molar-refractivity contribution in [2.75, 3.05) is 20.7 Å². The first kappa shape index (κ1) is 16.9. The van der Waals surface area contributed by atoms with Crippen LogP contribution in [0.5, 0.6) is 0 Å². The number of carbonyl (C=O) groups is 1. The molecule has 1 aromatic rings. The molecular formula is C15H22N2O4S. The Hall–Kier alpha value is -1.44. The van der Waals surface area contributed by atoms with Crippen LogP contribution in [0.2, 0.25) is 0 Å². The molecule has 1 aromatic carbocycles. The van der Waals surface area contributed by atoms with Gasteiger partial charge in [0.2, 0.25) is 0 Å². The molecule has 1 aliphatic heterocycles. The van der Waals surface area contributed by atoms with Crippen LogP contribution in [-0.2, 0) is 14.9 Å². The van der Waals surface area contributed by atoms with E-state index in [1.54, 1.807) is 12.1 Å². The Bertz CT molecular complexity index is 645. The summed E-state index contributed by atoms with van der Waals surface area (Å²) in [6.07, 6.45) is 3.09. The molecule has 0 saturated carbocycles. The SMILES string of the molecule is CON(C)S(=O)(=O)c1cccc(C(=O)N2CCCCC2C)c1. The second kappa shape index (κ2) is 6.76. The van der Waals surface area contributed by atoms with Gasteiger partial charge in [-0.25, -0.2) is 8.42 Å². The molecular weight excluding hydrogens is 304 g/mol. The number of carbonyl (C=O) groups excluding carboxylic acids is 1. The molecule has 122 valence electrons. The van der Waals surface area contributed by atoms with E-state index < -0.39 is 10.0 Å². The molecule has 0 bridgehead atoms. The number of amides is 1. The molecule has 0 N–H and O–H groups in total. The van der Waals surface area contributed by atoms with E-state index in [9.17, 15) is 13.2 Å². The molecule has 1 aliphatic rings. The molecule has 0 spiro atoms. The molecule has 2 rings (SSSR count). The summed E-state index contributed by atoms with van der Waals surface area (Å²) < 4.78 is 25.3. The lowest BCUT2D eigenvalue weighted by molar-refractivity contribution is -0.0258. The average molecular weight is 326 g/mol. The van der Waals surface area contributed by atoms with Crippen LogP contribution in [-0.4, -0.2) is 50.4 Å². The lowest BCUT2D eigenvalue weighted by atomic mass is 10.0. The topological polar surface area (TPSA) is 66.9 Å². The van der Waals surface area contributed by atoms with E-state index in [1.807, 2.05) is 11.8 Å². The van der Waals surface area contributed by atoms with Gasteiger partial charge in [-0.2, -0.15) is 0 Å². The van der Waals surface area contributed by atoms with Crippen molar-refractivity contribution in [2.45, 2.75) is 37.1 Å². The molecule has 1 unspecified atom stereocenters. The van der Waals surface area contributed by atoms with Crippen LogP contribution in [0.25, 0.3) is 0 Å². The van der Waals surface area contributed by atoms with E-state index in [0.29, 0.717) is 5.56 Å². The van der Waals surface area contributed by atoms with Crippen molar-refractivity contribution < 1.29 is 18.0 Å². The summed E-state index contributed by atoms with van der Waals surface area (Å²) >= 11 is 0. The summed E-state index contributed by atoms with van der Waals surface area (Å²) in [5, 5.41) is 0. The first-order valence-electron chi connectivity index (χ1n) is 7.32. The third kappa shape index (κ3) is 3.31. The van der Waals surface area contributed by atoms with Crippen LogP contribution in [0.4, 0.5) is 0 Å². The van der Waals surface area contributed by atoms with Gasteiger partial charge in [-0.3, -0.25) is 9.63 Å². The van der Waals surface area contributed by atoms with Crippen molar-refractivity contribution in [1.82, 2.24) is 9.37 Å². The summed E-state index contributed by atoms with van der Waals surface area (Å²) in [4.78, 5) is 19.2. The minimum absolute atomic E-state index is 0.0485. The van der Waals surface area contributed by atoms with Gasteiger partial charge in [-0.1, -0.05) is 10.5 Å². The smallest absolute Gasteiger partial charge is 0.264 e. The van der Waals surface area contributed by atoms with Crippen LogP contribution < -0.4 is 0 Å². The fourth-order valence-electron chi connectivity index (χ4n) is 2.60. The molecule has 7 heteroatoms. The lowest BCUT2D eigenvalue weighted by Gasteiger charge is -2.33. The van der Waals surface area contributed by atoms with Crippen LogP contribution >= 0.6 is 0 Å². The van der Waals surface area contributed by atoms with Crippen LogP contribution in [0.3, 0.4) is 0 Å². The number of likely N-dealkylation sites (tertiary alicyclic amines) is 1. The van der Waals surface area contributed by atoms with Crippen molar-refractivity contribution in [1.29, 1.82) is 0 Å². The van der Waals surface area contributed by atoms with E-state index in [0.717, 1.165) is 30.3 Å². The quantitative estimate of drug-likeness (QED) is 0.793. The molecule has 22 heavy (non-hydrogen) atoms. The van der Waals surface area contributed by atoms with Gasteiger partial charge in [0.15, 0.2) is 0 Å². The number of hydrogen-bond donors (Lipinski definition) is 0. The zero-order valence-corrected chi connectivity index (χ0v) is 14.0. The van der Waals surface area contributed by atoms with Crippen molar-refractivity contribution in [2.24, 2.45) is 0 Å². The van der Waals surface area contributed by atoms with E-state index >= 15 is 0 Å². The van der Waals surface area contributed by atoms with Gasteiger partial charge in [-0.05, 0) is 44.4 Å². The number of benzene rings is 1. The second-order valence-corrected chi connectivity index (χ2v) is 7.40. The summed E-state index contributed by atoms with van der Waals surface area (Å²) in [7, 11) is -1.15. The summed E-state index contributed by atoms with van der Waals surface area (Å²) in [6.45, 7) is 2.74. The molecule has 0 aliphatic carbocycles. The molecule has 1 heterocycles. The Morgan fingerprint density at radius 3 is 2.73 bits per heavy atom. The molecule has 0 aromatic heterocycles. The summed E-state index contributed by atoms with van der Waals surface area (Å²) in [5.74, 6) is -0.121. The normalized spacial score (nSPS) is 19.5. The predicted molar refractivity (Wildman–Crippen MR) is 82.7 cm³/mol. The number of hydrogen-bond acceptors (Lipinski definition) is 4. The minimum Gasteiger partial charge on any atom is -0.336 e. The first-order valence-corrected chi connectivity index (χ1v) is 8.76. The van der Waals surface area contributed by atoms with Gasteiger partial charge in [0, 0.05) is 25.2 Å². The first-order chi connectivity index (χ1) is 10.4. The Morgan fingerprint density at radius 2 is 2.09 bits per heavy atom. The fourth-order valence-corrected chi connectivity index (χ4v) is 3.62. The average Bonchev–Trinajstić information content (AvgIpc) is 2.54. The Morgan fingerprint density at radius 1 is 1.36 bits per heavy atom. The fraction of sp³-hybridized carbons (Fsp3) is 0.533. The number of rotatable bonds is 4. The van der Waals surface area contributed by atoms with Crippen LogP contribution in [0.1, 0.15) is 36.5 Å². The molecule has 1 fully saturated rings. The van der Waals surface area contributed by atoms with Crippen molar-refractivity contribution in [3.8, 4) is 0 Å². The zero-order chi connectivity index (χ0) is 16.3. The van der Waals surface area contributed by atoms with Gasteiger partial charge in [0.1, 0.15) is 0 Å². The standard InChI is InChI=1S/C15H22N2O4S/c1-12-7-4-5-10-17(12)15(18)13-8-6-9-14(11-13)22(19,20)16(2)21-3/h6,8-9,11-12H,4-5,7,10H2,1-3H3. The van der Waals surface area contributed by atoms with Crippen LogP contribution in [0.15, 0.2) is 29.2 Å². The van der Waals surface area contributed by atoms with Crippen LogP contribution in [0, 0.1) is 0 Å². The summed E-state index contributed by atoms with van der Waals surface area (Å²) in [6, 6.07) is 6.28. The highest BCUT2D eigenvalue weighted by Gasteiger charge is 2.26. The van der Waals surface area contributed by atoms with E-state index in [1.165, 1.54) is 26.3 Å². The number of hydroxylamine groups is 1. The van der Waals surface area contributed by atoms with Gasteiger partial charge in [-0.15, -0.1) is 0 Å². The Kier molecular flexibility index (Phi) is 5.20. The van der Waals surface area contributed by atoms with Crippen molar-refractivity contribution in [3.05, 3.63) is 29.8 Å². The monoisotopic (exact) mass is 326 g/mol. The molecule has 1 atom stereocenters. The minimum atomic E-state index is -3.75. The van der Waals surface area contributed by atoms with Gasteiger partial charge in [0.05, 0.1) is 12.0 Å². The third-order valence-electron chi connectivity index (χ3n) is 4.04. The van der Waals surface area contributed by atoms with Gasteiger partial charge in [0.25, 0.3) is 15.9 Å². The molecule has 1 saturated heterocycles. The van der Waals surface area contributed by atoms with Gasteiger partial charge >= 0.3 is 0 Å². The summed E-state index contributed by atoms with van der Waals surface area (Å²) in [5.41, 5.74) is 0.388. The number of nitrogens with zero attached hydrogens (tertiary/aromatic N) is 2.